The second kappa shape index (κ2) is 9.42. The van der Waals surface area contributed by atoms with Crippen LogP contribution in [0.15, 0.2) is 48.5 Å². The van der Waals surface area contributed by atoms with Gasteiger partial charge in [-0.15, -0.1) is 0 Å². The molecule has 1 aliphatic rings. The maximum absolute atomic E-state index is 12.2. The van der Waals surface area contributed by atoms with Crippen LogP contribution in [0.4, 0.5) is 5.69 Å². The zero-order valence-corrected chi connectivity index (χ0v) is 16.3. The van der Waals surface area contributed by atoms with E-state index in [1.807, 2.05) is 24.3 Å². The first-order chi connectivity index (χ1) is 13.2. The zero-order chi connectivity index (χ0) is 19.1. The number of aryl methyl sites for hydroxylation is 1. The molecule has 1 amide bonds. The van der Waals surface area contributed by atoms with Crippen molar-refractivity contribution in [1.82, 2.24) is 10.2 Å². The number of hydrogen-bond acceptors (Lipinski definition) is 4. The topological polar surface area (TPSA) is 44.8 Å². The molecule has 2 aromatic rings. The van der Waals surface area contributed by atoms with E-state index in [2.05, 4.69) is 46.3 Å². The highest BCUT2D eigenvalue weighted by Gasteiger charge is 2.18. The van der Waals surface area contributed by atoms with Crippen molar-refractivity contribution in [3.63, 3.8) is 0 Å². The summed E-state index contributed by atoms with van der Waals surface area (Å²) < 4.78 is 5.32. The van der Waals surface area contributed by atoms with E-state index in [0.717, 1.165) is 44.0 Å². The van der Waals surface area contributed by atoms with Gasteiger partial charge in [-0.25, -0.2) is 0 Å². The van der Waals surface area contributed by atoms with Crippen molar-refractivity contribution < 1.29 is 9.53 Å². The summed E-state index contributed by atoms with van der Waals surface area (Å²) in [6.07, 6.45) is 0.527. The molecule has 1 heterocycles. The summed E-state index contributed by atoms with van der Waals surface area (Å²) in [5, 5.41) is 3.00. The van der Waals surface area contributed by atoms with Gasteiger partial charge in [-0.3, -0.25) is 9.69 Å². The van der Waals surface area contributed by atoms with E-state index in [9.17, 15) is 4.79 Å². The number of piperazine rings is 1. The molecule has 2 aromatic carbocycles. The molecular formula is C22H29N3O2. The number of nitrogens with zero attached hydrogens (tertiary/aromatic N) is 2. The van der Waals surface area contributed by atoms with Crippen molar-refractivity contribution in [3.8, 4) is 5.75 Å². The Bertz CT molecular complexity index is 755. The Morgan fingerprint density at radius 1 is 1.07 bits per heavy atom. The summed E-state index contributed by atoms with van der Waals surface area (Å²) in [6, 6.07) is 16.4. The standard InChI is InChI=1S/C22H29N3O2/c1-18-6-5-8-20(16-18)25-14-12-24(13-15-25)11-10-22(26)23-17-19-7-3-4-9-21(19)27-2/h3-9,16H,10-15,17H2,1-2H3,(H,23,26). The number of para-hydroxylation sites is 1. The monoisotopic (exact) mass is 367 g/mol. The number of anilines is 1. The maximum atomic E-state index is 12.2. The third-order valence-electron chi connectivity index (χ3n) is 5.06. The second-order valence-electron chi connectivity index (χ2n) is 7.01. The fourth-order valence-electron chi connectivity index (χ4n) is 3.45. The van der Waals surface area contributed by atoms with Gasteiger partial charge in [-0.1, -0.05) is 30.3 Å². The van der Waals surface area contributed by atoms with E-state index in [0.29, 0.717) is 13.0 Å². The van der Waals surface area contributed by atoms with Gasteiger partial charge >= 0.3 is 0 Å². The normalized spacial score (nSPS) is 14.8. The summed E-state index contributed by atoms with van der Waals surface area (Å²) in [7, 11) is 1.65. The molecule has 1 saturated heterocycles. The first kappa shape index (κ1) is 19.2. The number of amides is 1. The van der Waals surface area contributed by atoms with Gasteiger partial charge in [0, 0.05) is 56.9 Å². The largest absolute Gasteiger partial charge is 0.496 e. The Morgan fingerprint density at radius 2 is 1.85 bits per heavy atom. The van der Waals surface area contributed by atoms with E-state index < -0.39 is 0 Å². The molecular weight excluding hydrogens is 338 g/mol. The third-order valence-corrected chi connectivity index (χ3v) is 5.06. The summed E-state index contributed by atoms with van der Waals surface area (Å²) in [5.74, 6) is 0.895. The fourth-order valence-corrected chi connectivity index (χ4v) is 3.45. The van der Waals surface area contributed by atoms with Crippen LogP contribution < -0.4 is 15.0 Å². The predicted molar refractivity (Wildman–Crippen MR) is 109 cm³/mol. The lowest BCUT2D eigenvalue weighted by atomic mass is 10.2. The van der Waals surface area contributed by atoms with Crippen molar-refractivity contribution >= 4 is 11.6 Å². The van der Waals surface area contributed by atoms with Gasteiger partial charge in [0.05, 0.1) is 7.11 Å². The second-order valence-corrected chi connectivity index (χ2v) is 7.01. The van der Waals surface area contributed by atoms with E-state index in [1.54, 1.807) is 7.11 Å². The van der Waals surface area contributed by atoms with E-state index in [4.69, 9.17) is 4.74 Å². The summed E-state index contributed by atoms with van der Waals surface area (Å²) in [5.41, 5.74) is 3.59. The first-order valence-corrected chi connectivity index (χ1v) is 9.58. The molecule has 0 saturated carbocycles. The Kier molecular flexibility index (Phi) is 6.71. The molecule has 3 rings (SSSR count). The van der Waals surface area contributed by atoms with Crippen LogP contribution in [-0.2, 0) is 11.3 Å². The van der Waals surface area contributed by atoms with E-state index in [1.165, 1.54) is 11.3 Å². The van der Waals surface area contributed by atoms with Crippen LogP contribution in [0.3, 0.4) is 0 Å². The van der Waals surface area contributed by atoms with Gasteiger partial charge in [0.15, 0.2) is 0 Å². The number of carbonyl (C=O) groups excluding carboxylic acids is 1. The van der Waals surface area contributed by atoms with Crippen molar-refractivity contribution in [1.29, 1.82) is 0 Å². The smallest absolute Gasteiger partial charge is 0.221 e. The lowest BCUT2D eigenvalue weighted by molar-refractivity contribution is -0.121. The van der Waals surface area contributed by atoms with Crippen LogP contribution in [0.5, 0.6) is 5.75 Å². The van der Waals surface area contributed by atoms with Crippen molar-refractivity contribution in [2.24, 2.45) is 0 Å². The molecule has 27 heavy (non-hydrogen) atoms. The Balaban J connectivity index is 1.39. The molecule has 0 spiro atoms. The molecule has 0 aliphatic carbocycles. The fraction of sp³-hybridized carbons (Fsp3) is 0.409. The van der Waals surface area contributed by atoms with Gasteiger partial charge in [0.2, 0.25) is 5.91 Å². The van der Waals surface area contributed by atoms with Gasteiger partial charge in [0.1, 0.15) is 5.75 Å². The number of methoxy groups -OCH3 is 1. The molecule has 0 bridgehead atoms. The summed E-state index contributed by atoms with van der Waals surface area (Å²) >= 11 is 0. The van der Waals surface area contributed by atoms with Crippen LogP contribution in [0.25, 0.3) is 0 Å². The number of nitrogens with one attached hydrogen (secondary N) is 1. The van der Waals surface area contributed by atoms with Gasteiger partial charge in [-0.2, -0.15) is 0 Å². The van der Waals surface area contributed by atoms with Crippen molar-refractivity contribution in [3.05, 3.63) is 59.7 Å². The molecule has 0 atom stereocenters. The number of hydrogen-bond donors (Lipinski definition) is 1. The van der Waals surface area contributed by atoms with Crippen LogP contribution >= 0.6 is 0 Å². The highest BCUT2D eigenvalue weighted by atomic mass is 16.5. The molecule has 1 N–H and O–H groups in total. The minimum absolute atomic E-state index is 0.0852. The summed E-state index contributed by atoms with van der Waals surface area (Å²) in [4.78, 5) is 17.0. The average molecular weight is 367 g/mol. The molecule has 5 nitrogen and oxygen atoms in total. The van der Waals surface area contributed by atoms with Gasteiger partial charge in [0.25, 0.3) is 0 Å². The van der Waals surface area contributed by atoms with Crippen molar-refractivity contribution in [2.45, 2.75) is 19.9 Å². The average Bonchev–Trinajstić information content (AvgIpc) is 2.71. The Labute approximate surface area is 161 Å². The van der Waals surface area contributed by atoms with Gasteiger partial charge in [-0.05, 0) is 30.7 Å². The summed E-state index contributed by atoms with van der Waals surface area (Å²) in [6.45, 7) is 7.44. The minimum Gasteiger partial charge on any atom is -0.496 e. The third kappa shape index (κ3) is 5.47. The maximum Gasteiger partial charge on any atom is 0.221 e. The molecule has 1 aliphatic heterocycles. The molecule has 0 unspecified atom stereocenters. The van der Waals surface area contributed by atoms with Crippen LogP contribution in [0.1, 0.15) is 17.5 Å². The molecule has 1 fully saturated rings. The minimum atomic E-state index is 0.0852. The molecule has 144 valence electrons. The van der Waals surface area contributed by atoms with Crippen LogP contribution in [-0.4, -0.2) is 50.6 Å². The first-order valence-electron chi connectivity index (χ1n) is 9.58. The highest BCUT2D eigenvalue weighted by molar-refractivity contribution is 5.76. The number of ether oxygens (including phenoxy) is 1. The lowest BCUT2D eigenvalue weighted by Crippen LogP contribution is -2.47. The quantitative estimate of drug-likeness (QED) is 0.817. The predicted octanol–water partition coefficient (Wildman–Crippen LogP) is 2.83. The van der Waals surface area contributed by atoms with E-state index in [-0.39, 0.29) is 5.91 Å². The lowest BCUT2D eigenvalue weighted by Gasteiger charge is -2.36. The molecule has 5 heteroatoms. The molecule has 0 aromatic heterocycles. The van der Waals surface area contributed by atoms with Crippen molar-refractivity contribution in [2.75, 3.05) is 44.7 Å². The number of benzene rings is 2. The van der Waals surface area contributed by atoms with E-state index >= 15 is 0 Å². The molecule has 0 radical (unpaired) electrons. The Morgan fingerprint density at radius 3 is 2.59 bits per heavy atom. The zero-order valence-electron chi connectivity index (χ0n) is 16.3. The van der Waals surface area contributed by atoms with Gasteiger partial charge < -0.3 is 15.0 Å². The SMILES string of the molecule is COc1ccccc1CNC(=O)CCN1CCN(c2cccc(C)c2)CC1. The van der Waals surface area contributed by atoms with Crippen LogP contribution in [0.2, 0.25) is 0 Å². The highest BCUT2D eigenvalue weighted by Crippen LogP contribution is 2.18. The van der Waals surface area contributed by atoms with Crippen LogP contribution in [0, 0.1) is 6.92 Å². The Hall–Kier alpha value is -2.53. The number of carbonyl (C=O) groups is 1. The number of rotatable bonds is 7.